The van der Waals surface area contributed by atoms with Crippen molar-refractivity contribution in [3.8, 4) is 0 Å². The van der Waals surface area contributed by atoms with E-state index in [9.17, 15) is 9.18 Å². The Balaban J connectivity index is 4.43. The number of allylic oxidation sites excluding steroid dienone is 1. The smallest absolute Gasteiger partial charge is 0.255 e. The minimum atomic E-state index is -0.760. The van der Waals surface area contributed by atoms with Crippen LogP contribution in [0.15, 0.2) is 28.7 Å². The number of amides is 1. The van der Waals surface area contributed by atoms with E-state index in [2.05, 4.69) is 17.0 Å². The normalized spacial score (nSPS) is 12.5. The van der Waals surface area contributed by atoms with Crippen molar-refractivity contribution in [2.75, 3.05) is 6.67 Å². The fourth-order valence-electron chi connectivity index (χ4n) is 0.690. The van der Waals surface area contributed by atoms with Crippen LogP contribution in [-0.2, 0) is 4.79 Å². The molecule has 13 heavy (non-hydrogen) atoms. The van der Waals surface area contributed by atoms with Gasteiger partial charge in [0.1, 0.15) is 6.67 Å². The predicted octanol–water partition coefficient (Wildman–Crippen LogP) is 0.477. The summed E-state index contributed by atoms with van der Waals surface area (Å²) in [6, 6.07) is 0. The van der Waals surface area contributed by atoms with Crippen molar-refractivity contribution in [3.63, 3.8) is 0 Å². The zero-order valence-electron chi connectivity index (χ0n) is 7.38. The predicted molar refractivity (Wildman–Crippen MR) is 49.7 cm³/mol. The van der Waals surface area contributed by atoms with Gasteiger partial charge < -0.3 is 11.1 Å². The topological polar surface area (TPSA) is 67.5 Å². The summed E-state index contributed by atoms with van der Waals surface area (Å²) in [6.45, 7) is 4.76. The van der Waals surface area contributed by atoms with E-state index >= 15 is 0 Å². The van der Waals surface area contributed by atoms with Crippen LogP contribution < -0.4 is 11.1 Å². The van der Waals surface area contributed by atoms with E-state index in [0.717, 1.165) is 6.20 Å². The maximum absolute atomic E-state index is 12.8. The molecule has 0 bridgehead atoms. The second kappa shape index (κ2) is 5.93. The molecule has 72 valence electrons. The molecule has 0 aromatic carbocycles. The van der Waals surface area contributed by atoms with Gasteiger partial charge in [-0.3, -0.25) is 9.79 Å². The van der Waals surface area contributed by atoms with E-state index in [1.54, 1.807) is 6.92 Å². The third kappa shape index (κ3) is 3.50. The summed E-state index contributed by atoms with van der Waals surface area (Å²) in [5.41, 5.74) is 4.82. The molecule has 0 saturated heterocycles. The summed E-state index contributed by atoms with van der Waals surface area (Å²) < 4.78 is 12.8. The fraction of sp³-hybridized carbons (Fsp3) is 0.250. The molecule has 0 atom stereocenters. The average Bonchev–Trinajstić information content (AvgIpc) is 2.15. The maximum atomic E-state index is 12.8. The number of carbonyl (C=O) groups excluding carboxylic acids is 1. The van der Waals surface area contributed by atoms with Crippen molar-refractivity contribution in [1.82, 2.24) is 5.32 Å². The van der Waals surface area contributed by atoms with Gasteiger partial charge in [0.05, 0.1) is 5.57 Å². The number of hydrogen-bond donors (Lipinski definition) is 2. The third-order valence-electron chi connectivity index (χ3n) is 1.29. The highest BCUT2D eigenvalue weighted by atomic mass is 19.1. The van der Waals surface area contributed by atoms with Crippen molar-refractivity contribution in [1.29, 1.82) is 0 Å². The van der Waals surface area contributed by atoms with Crippen LogP contribution in [0.5, 0.6) is 0 Å². The molecule has 0 saturated carbocycles. The molecule has 0 aliphatic carbocycles. The number of halogens is 1. The first-order chi connectivity index (χ1) is 6.17. The monoisotopic (exact) mass is 185 g/mol. The molecule has 0 aromatic rings. The van der Waals surface area contributed by atoms with Crippen LogP contribution in [0.1, 0.15) is 6.92 Å². The van der Waals surface area contributed by atoms with Crippen LogP contribution in [0.25, 0.3) is 0 Å². The number of carbonyl (C=O) groups is 1. The first-order valence-corrected chi connectivity index (χ1v) is 3.62. The van der Waals surface area contributed by atoms with Gasteiger partial charge in [-0.1, -0.05) is 6.08 Å². The summed E-state index contributed by atoms with van der Waals surface area (Å²) >= 11 is 0. The van der Waals surface area contributed by atoms with E-state index in [4.69, 9.17) is 5.73 Å². The summed E-state index contributed by atoms with van der Waals surface area (Å²) in [5, 5.41) is 2.33. The summed E-state index contributed by atoms with van der Waals surface area (Å²) in [5.74, 6) is -1.32. The summed E-state index contributed by atoms with van der Waals surface area (Å²) in [4.78, 5) is 14.5. The van der Waals surface area contributed by atoms with Crippen molar-refractivity contribution in [2.24, 2.45) is 10.7 Å². The van der Waals surface area contributed by atoms with Crippen molar-refractivity contribution < 1.29 is 9.18 Å². The van der Waals surface area contributed by atoms with Crippen LogP contribution in [0.4, 0.5) is 4.39 Å². The second-order valence-corrected chi connectivity index (χ2v) is 2.10. The number of nitrogens with two attached hydrogens (primary N) is 1. The first kappa shape index (κ1) is 11.4. The van der Waals surface area contributed by atoms with E-state index in [0.29, 0.717) is 0 Å². The Bertz CT molecular complexity index is 258. The molecular formula is C8H12FN3O. The molecule has 0 rings (SSSR count). The van der Waals surface area contributed by atoms with E-state index < -0.39 is 11.7 Å². The Morgan fingerprint density at radius 2 is 2.38 bits per heavy atom. The fourth-order valence-corrected chi connectivity index (χ4v) is 0.690. The Morgan fingerprint density at radius 3 is 2.77 bits per heavy atom. The standard InChI is InChI=1S/C8H12FN3O/c1-3-6(7(9)4-10)8(13)12-5-11-2/h3-4H,2,5,10H2,1H3,(H,12,13)/b6-3+,7-4+. The van der Waals surface area contributed by atoms with E-state index in [-0.39, 0.29) is 12.2 Å². The van der Waals surface area contributed by atoms with Gasteiger partial charge in [-0.2, -0.15) is 0 Å². The Kier molecular flexibility index (Phi) is 5.18. The minimum Gasteiger partial charge on any atom is -0.402 e. The summed E-state index contributed by atoms with van der Waals surface area (Å²) in [7, 11) is 0. The van der Waals surface area contributed by atoms with Crippen molar-refractivity contribution in [3.05, 3.63) is 23.7 Å². The molecule has 0 spiro atoms. The lowest BCUT2D eigenvalue weighted by molar-refractivity contribution is -0.117. The Hall–Kier alpha value is -1.65. The highest BCUT2D eigenvalue weighted by Gasteiger charge is 2.11. The molecule has 0 unspecified atom stereocenters. The van der Waals surface area contributed by atoms with Crippen LogP contribution in [0.2, 0.25) is 0 Å². The molecular weight excluding hydrogens is 173 g/mol. The van der Waals surface area contributed by atoms with Crippen LogP contribution in [0.3, 0.4) is 0 Å². The number of hydrogen-bond acceptors (Lipinski definition) is 3. The Labute approximate surface area is 76.0 Å². The first-order valence-electron chi connectivity index (χ1n) is 3.62. The van der Waals surface area contributed by atoms with Gasteiger partial charge in [0.15, 0.2) is 5.83 Å². The van der Waals surface area contributed by atoms with Gasteiger partial charge in [0.25, 0.3) is 5.91 Å². The number of rotatable bonds is 4. The molecule has 0 aliphatic rings. The quantitative estimate of drug-likeness (QED) is 0.380. The molecule has 0 heterocycles. The van der Waals surface area contributed by atoms with Crippen molar-refractivity contribution in [2.45, 2.75) is 6.92 Å². The van der Waals surface area contributed by atoms with Gasteiger partial charge in [0.2, 0.25) is 0 Å². The molecule has 0 fully saturated rings. The molecule has 5 heteroatoms. The molecule has 0 radical (unpaired) electrons. The summed E-state index contributed by atoms with van der Waals surface area (Å²) in [6.07, 6.45) is 2.06. The lowest BCUT2D eigenvalue weighted by atomic mass is 10.2. The van der Waals surface area contributed by atoms with Crippen LogP contribution in [-0.4, -0.2) is 19.3 Å². The zero-order chi connectivity index (χ0) is 10.3. The number of nitrogens with zero attached hydrogens (tertiary/aromatic N) is 1. The van der Waals surface area contributed by atoms with Crippen LogP contribution >= 0.6 is 0 Å². The number of aliphatic imine (C=N–C) groups is 1. The molecule has 3 N–H and O–H groups in total. The molecule has 4 nitrogen and oxygen atoms in total. The third-order valence-corrected chi connectivity index (χ3v) is 1.29. The lowest BCUT2D eigenvalue weighted by Gasteiger charge is -2.03. The zero-order valence-corrected chi connectivity index (χ0v) is 7.38. The van der Waals surface area contributed by atoms with Gasteiger partial charge >= 0.3 is 0 Å². The SMILES string of the molecule is C=NCNC(=O)C(=C/C)/C(F)=C\N. The van der Waals surface area contributed by atoms with E-state index in [1.165, 1.54) is 6.08 Å². The van der Waals surface area contributed by atoms with E-state index in [1.807, 2.05) is 0 Å². The molecule has 1 amide bonds. The van der Waals surface area contributed by atoms with Gasteiger partial charge in [-0.05, 0) is 13.6 Å². The lowest BCUT2D eigenvalue weighted by Crippen LogP contribution is -2.25. The molecule has 0 aliphatic heterocycles. The van der Waals surface area contributed by atoms with Gasteiger partial charge in [-0.15, -0.1) is 0 Å². The van der Waals surface area contributed by atoms with Crippen molar-refractivity contribution >= 4 is 12.6 Å². The average molecular weight is 185 g/mol. The molecule has 0 aromatic heterocycles. The highest BCUT2D eigenvalue weighted by molar-refractivity contribution is 5.96. The largest absolute Gasteiger partial charge is 0.402 e. The van der Waals surface area contributed by atoms with Crippen LogP contribution in [0, 0.1) is 0 Å². The number of nitrogens with one attached hydrogen (secondary N) is 1. The second-order valence-electron chi connectivity index (χ2n) is 2.10. The van der Waals surface area contributed by atoms with Gasteiger partial charge in [-0.25, -0.2) is 4.39 Å². The Morgan fingerprint density at radius 1 is 1.77 bits per heavy atom. The minimum absolute atomic E-state index is 0.0496. The highest BCUT2D eigenvalue weighted by Crippen LogP contribution is 2.09. The maximum Gasteiger partial charge on any atom is 0.255 e. The van der Waals surface area contributed by atoms with Gasteiger partial charge in [0, 0.05) is 6.20 Å².